The Labute approximate surface area is 196 Å². The quantitative estimate of drug-likeness (QED) is 0.289. The lowest BCUT2D eigenvalue weighted by Gasteiger charge is -2.19. The molecule has 0 fully saturated rings. The molecular weight excluding hydrogens is 430 g/mol. The molecule has 0 saturated heterocycles. The Kier molecular flexibility index (Phi) is 5.56. The van der Waals surface area contributed by atoms with E-state index >= 15 is 0 Å². The topological polar surface area (TPSA) is 59.4 Å². The molecule has 1 unspecified atom stereocenters. The van der Waals surface area contributed by atoms with Gasteiger partial charge in [0.15, 0.2) is 0 Å². The number of carboxylic acids is 1. The molecule has 1 atom stereocenters. The number of benzene rings is 3. The standard InChI is InChI=1S/C28H23NO3S/c1-3-18-13-14-24(32-17(2)19-9-5-4-6-10-19)26-21(28(30)31)15-23(29-27(18)26)22-16-33-25-12-8-7-11-20(22)25/h4-17H,3H2,1-2H3,(H,30,31). The Hall–Kier alpha value is -3.70. The predicted octanol–water partition coefficient (Wildman–Crippen LogP) is 7.52. The highest BCUT2D eigenvalue weighted by Gasteiger charge is 2.21. The first-order valence-corrected chi connectivity index (χ1v) is 11.8. The molecule has 0 bridgehead atoms. The van der Waals surface area contributed by atoms with E-state index in [4.69, 9.17) is 9.72 Å². The van der Waals surface area contributed by atoms with Crippen LogP contribution in [0.4, 0.5) is 0 Å². The van der Waals surface area contributed by atoms with Gasteiger partial charge in [0.05, 0.1) is 22.2 Å². The maximum absolute atomic E-state index is 12.4. The second-order valence-corrected chi connectivity index (χ2v) is 8.89. The van der Waals surface area contributed by atoms with E-state index < -0.39 is 5.97 Å². The molecular formula is C28H23NO3S. The summed E-state index contributed by atoms with van der Waals surface area (Å²) in [6.45, 7) is 4.02. The Morgan fingerprint density at radius 2 is 1.82 bits per heavy atom. The van der Waals surface area contributed by atoms with Gasteiger partial charge in [0, 0.05) is 21.0 Å². The number of hydrogen-bond donors (Lipinski definition) is 1. The minimum absolute atomic E-state index is 0.204. The SMILES string of the molecule is CCc1ccc(OC(C)c2ccccc2)c2c(C(=O)O)cc(-c3csc4ccccc34)nc12. The molecule has 5 heteroatoms. The van der Waals surface area contributed by atoms with Crippen molar-refractivity contribution < 1.29 is 14.6 Å². The third-order valence-electron chi connectivity index (χ3n) is 5.95. The van der Waals surface area contributed by atoms with E-state index in [9.17, 15) is 9.90 Å². The van der Waals surface area contributed by atoms with Crippen LogP contribution in [0.5, 0.6) is 5.75 Å². The fourth-order valence-electron chi connectivity index (χ4n) is 4.21. The summed E-state index contributed by atoms with van der Waals surface area (Å²) in [6.07, 6.45) is 0.509. The van der Waals surface area contributed by atoms with Gasteiger partial charge in [-0.2, -0.15) is 0 Å². The first-order chi connectivity index (χ1) is 16.1. The maximum atomic E-state index is 12.4. The van der Waals surface area contributed by atoms with Crippen LogP contribution in [0.3, 0.4) is 0 Å². The van der Waals surface area contributed by atoms with Gasteiger partial charge in [0.25, 0.3) is 0 Å². The van der Waals surface area contributed by atoms with E-state index in [-0.39, 0.29) is 11.7 Å². The molecule has 2 heterocycles. The Bertz CT molecular complexity index is 1470. The van der Waals surface area contributed by atoms with E-state index in [0.717, 1.165) is 33.2 Å². The van der Waals surface area contributed by atoms with Gasteiger partial charge in [-0.15, -0.1) is 11.3 Å². The van der Waals surface area contributed by atoms with Crippen LogP contribution < -0.4 is 4.74 Å². The lowest BCUT2D eigenvalue weighted by molar-refractivity contribution is 0.0698. The molecule has 2 aromatic heterocycles. The molecule has 33 heavy (non-hydrogen) atoms. The molecule has 5 rings (SSSR count). The fourth-order valence-corrected chi connectivity index (χ4v) is 5.17. The summed E-state index contributed by atoms with van der Waals surface area (Å²) in [7, 11) is 0. The normalized spacial score (nSPS) is 12.2. The number of ether oxygens (including phenoxy) is 1. The van der Waals surface area contributed by atoms with Crippen LogP contribution in [-0.2, 0) is 6.42 Å². The maximum Gasteiger partial charge on any atom is 0.336 e. The molecule has 0 saturated carbocycles. The van der Waals surface area contributed by atoms with Crippen molar-refractivity contribution in [2.45, 2.75) is 26.4 Å². The van der Waals surface area contributed by atoms with Gasteiger partial charge in [-0.05, 0) is 42.7 Å². The van der Waals surface area contributed by atoms with E-state index in [0.29, 0.717) is 22.3 Å². The van der Waals surface area contributed by atoms with Gasteiger partial charge in [-0.3, -0.25) is 0 Å². The van der Waals surface area contributed by atoms with Crippen molar-refractivity contribution in [3.8, 4) is 17.0 Å². The fraction of sp³-hybridized carbons (Fsp3) is 0.143. The highest BCUT2D eigenvalue weighted by Crippen LogP contribution is 2.39. The molecule has 1 N–H and O–H groups in total. The molecule has 0 amide bonds. The van der Waals surface area contributed by atoms with Crippen LogP contribution in [0.2, 0.25) is 0 Å². The summed E-state index contributed by atoms with van der Waals surface area (Å²) < 4.78 is 7.45. The lowest BCUT2D eigenvalue weighted by Crippen LogP contribution is -2.07. The van der Waals surface area contributed by atoms with Crippen molar-refractivity contribution in [1.29, 1.82) is 0 Å². The highest BCUT2D eigenvalue weighted by molar-refractivity contribution is 7.17. The summed E-state index contributed by atoms with van der Waals surface area (Å²) in [4.78, 5) is 17.4. The first-order valence-electron chi connectivity index (χ1n) is 10.9. The molecule has 4 nitrogen and oxygen atoms in total. The second-order valence-electron chi connectivity index (χ2n) is 7.98. The average molecular weight is 454 g/mol. The van der Waals surface area contributed by atoms with E-state index in [1.165, 1.54) is 0 Å². The number of rotatable bonds is 6. The number of thiophene rings is 1. The first kappa shape index (κ1) is 21.2. The number of hydrogen-bond acceptors (Lipinski definition) is 4. The number of carbonyl (C=O) groups is 1. The van der Waals surface area contributed by atoms with Gasteiger partial charge < -0.3 is 9.84 Å². The number of pyridine rings is 1. The number of nitrogens with zero attached hydrogens (tertiary/aromatic N) is 1. The van der Waals surface area contributed by atoms with Gasteiger partial charge in [-0.1, -0.05) is 61.5 Å². The average Bonchev–Trinajstić information content (AvgIpc) is 3.28. The molecule has 5 aromatic rings. The summed E-state index contributed by atoms with van der Waals surface area (Å²) >= 11 is 1.64. The molecule has 0 aliphatic rings. The third kappa shape index (κ3) is 3.85. The summed E-state index contributed by atoms with van der Waals surface area (Å²) in [5.41, 5.74) is 4.52. The monoisotopic (exact) mass is 453 g/mol. The Morgan fingerprint density at radius 3 is 2.58 bits per heavy atom. The number of aromatic carboxylic acids is 1. The number of aromatic nitrogens is 1. The van der Waals surface area contributed by atoms with Crippen molar-refractivity contribution >= 4 is 38.3 Å². The molecule has 0 radical (unpaired) electrons. The minimum Gasteiger partial charge on any atom is -0.485 e. The van der Waals surface area contributed by atoms with Crippen LogP contribution in [0.25, 0.3) is 32.2 Å². The zero-order valence-electron chi connectivity index (χ0n) is 18.4. The summed E-state index contributed by atoms with van der Waals surface area (Å²) in [6, 6.07) is 23.6. The summed E-state index contributed by atoms with van der Waals surface area (Å²) in [5, 5.41) is 13.9. The smallest absolute Gasteiger partial charge is 0.336 e. The van der Waals surface area contributed by atoms with E-state index in [1.54, 1.807) is 17.4 Å². The second kappa shape index (κ2) is 8.68. The molecule has 3 aromatic carbocycles. The zero-order chi connectivity index (χ0) is 22.9. The van der Waals surface area contributed by atoms with Crippen molar-refractivity contribution in [2.24, 2.45) is 0 Å². The van der Waals surface area contributed by atoms with E-state index in [1.807, 2.05) is 66.9 Å². The molecule has 0 aliphatic heterocycles. The van der Waals surface area contributed by atoms with Crippen LogP contribution in [0.15, 0.2) is 78.2 Å². The van der Waals surface area contributed by atoms with Gasteiger partial charge in [0.1, 0.15) is 11.9 Å². The van der Waals surface area contributed by atoms with Crippen molar-refractivity contribution in [1.82, 2.24) is 4.98 Å². The largest absolute Gasteiger partial charge is 0.485 e. The van der Waals surface area contributed by atoms with Crippen molar-refractivity contribution in [3.63, 3.8) is 0 Å². The van der Waals surface area contributed by atoms with E-state index in [2.05, 4.69) is 19.1 Å². The number of aryl methyl sites for hydroxylation is 1. The number of carboxylic acid groups (broad SMARTS) is 1. The van der Waals surface area contributed by atoms with Crippen LogP contribution in [-0.4, -0.2) is 16.1 Å². The molecule has 0 spiro atoms. The minimum atomic E-state index is -0.992. The Morgan fingerprint density at radius 1 is 1.06 bits per heavy atom. The zero-order valence-corrected chi connectivity index (χ0v) is 19.2. The lowest BCUT2D eigenvalue weighted by atomic mass is 9.99. The van der Waals surface area contributed by atoms with Crippen molar-refractivity contribution in [3.05, 3.63) is 94.9 Å². The van der Waals surface area contributed by atoms with Crippen LogP contribution in [0, 0.1) is 0 Å². The summed E-state index contributed by atoms with van der Waals surface area (Å²) in [5.74, 6) is -0.459. The highest BCUT2D eigenvalue weighted by atomic mass is 32.1. The molecule has 0 aliphatic carbocycles. The van der Waals surface area contributed by atoms with Gasteiger partial charge in [-0.25, -0.2) is 9.78 Å². The Balaban J connectivity index is 1.72. The number of fused-ring (bicyclic) bond motifs is 2. The van der Waals surface area contributed by atoms with Crippen LogP contribution in [0.1, 0.15) is 41.4 Å². The van der Waals surface area contributed by atoms with Gasteiger partial charge in [0.2, 0.25) is 0 Å². The van der Waals surface area contributed by atoms with Crippen LogP contribution >= 0.6 is 11.3 Å². The van der Waals surface area contributed by atoms with Gasteiger partial charge >= 0.3 is 5.97 Å². The molecule has 164 valence electrons. The van der Waals surface area contributed by atoms with Crippen molar-refractivity contribution in [2.75, 3.05) is 0 Å². The predicted molar refractivity (Wildman–Crippen MR) is 134 cm³/mol. The third-order valence-corrected chi connectivity index (χ3v) is 6.91.